The van der Waals surface area contributed by atoms with Gasteiger partial charge in [0.2, 0.25) is 5.91 Å². The minimum atomic E-state index is -0.498. The van der Waals surface area contributed by atoms with Crippen LogP contribution < -0.4 is 20.3 Å². The Morgan fingerprint density at radius 2 is 1.77 bits per heavy atom. The van der Waals surface area contributed by atoms with Crippen LogP contribution in [0, 0.1) is 6.92 Å². The number of carbonyl (C=O) groups excluding carboxylic acids is 1. The van der Waals surface area contributed by atoms with E-state index >= 15 is 0 Å². The lowest BCUT2D eigenvalue weighted by molar-refractivity contribution is -0.115. The Labute approximate surface area is 189 Å². The second kappa shape index (κ2) is 9.89. The van der Waals surface area contributed by atoms with Gasteiger partial charge in [0.05, 0.1) is 35.9 Å². The van der Waals surface area contributed by atoms with Gasteiger partial charge in [0, 0.05) is 12.1 Å². The number of rotatable bonds is 7. The first-order chi connectivity index (χ1) is 14.8. The number of benzene rings is 2. The van der Waals surface area contributed by atoms with Crippen molar-refractivity contribution < 1.29 is 14.3 Å². The monoisotopic (exact) mass is 459 g/mol. The molecule has 3 aromatic rings. The van der Waals surface area contributed by atoms with Crippen molar-refractivity contribution >= 4 is 35.0 Å². The minimum Gasteiger partial charge on any atom is -0.495 e. The Morgan fingerprint density at radius 1 is 1.10 bits per heavy atom. The Bertz CT molecular complexity index is 1150. The molecular weight excluding hydrogens is 438 g/mol. The molecular formula is C22H22ClN3O4S. The molecule has 0 saturated heterocycles. The molecule has 7 nitrogen and oxygen atoms in total. The molecule has 1 unspecified atom stereocenters. The molecule has 0 aliphatic heterocycles. The molecule has 1 atom stereocenters. The van der Waals surface area contributed by atoms with Gasteiger partial charge in [-0.05, 0) is 38.1 Å². The first-order valence-electron chi connectivity index (χ1n) is 9.39. The van der Waals surface area contributed by atoms with E-state index in [2.05, 4.69) is 10.4 Å². The number of aryl methyl sites for hydroxylation is 1. The molecule has 9 heteroatoms. The number of nitrogens with zero attached hydrogens (tertiary/aromatic N) is 2. The predicted molar refractivity (Wildman–Crippen MR) is 123 cm³/mol. The number of methoxy groups -OCH3 is 2. The highest BCUT2D eigenvalue weighted by Crippen LogP contribution is 2.36. The first kappa shape index (κ1) is 22.7. The topological polar surface area (TPSA) is 82.5 Å². The first-order valence-corrected chi connectivity index (χ1v) is 10.6. The second-order valence-electron chi connectivity index (χ2n) is 6.69. The Morgan fingerprint density at radius 3 is 2.42 bits per heavy atom. The van der Waals surface area contributed by atoms with Crippen LogP contribution in [0.15, 0.2) is 58.4 Å². The van der Waals surface area contributed by atoms with Gasteiger partial charge in [0.1, 0.15) is 16.5 Å². The maximum Gasteiger partial charge on any atom is 0.271 e. The largest absolute Gasteiger partial charge is 0.495 e. The van der Waals surface area contributed by atoms with Crippen molar-refractivity contribution in [3.63, 3.8) is 0 Å². The normalized spacial score (nSPS) is 11.6. The molecule has 1 heterocycles. The molecule has 1 amide bonds. The molecule has 3 rings (SSSR count). The molecule has 0 radical (unpaired) electrons. The zero-order valence-corrected chi connectivity index (χ0v) is 19.1. The van der Waals surface area contributed by atoms with E-state index < -0.39 is 5.25 Å². The number of anilines is 1. The molecule has 0 spiro atoms. The zero-order valence-electron chi connectivity index (χ0n) is 17.5. The number of halogens is 1. The van der Waals surface area contributed by atoms with Gasteiger partial charge in [-0.15, -0.1) is 0 Å². The number of hydrogen-bond donors (Lipinski definition) is 1. The molecule has 1 aromatic heterocycles. The van der Waals surface area contributed by atoms with Crippen LogP contribution in [0.2, 0.25) is 5.02 Å². The van der Waals surface area contributed by atoms with Crippen LogP contribution in [0.5, 0.6) is 11.5 Å². The van der Waals surface area contributed by atoms with Crippen LogP contribution >= 0.6 is 23.4 Å². The number of aromatic nitrogens is 2. The van der Waals surface area contributed by atoms with Crippen LogP contribution in [0.3, 0.4) is 0 Å². The number of amides is 1. The summed E-state index contributed by atoms with van der Waals surface area (Å²) in [4.78, 5) is 25.0. The highest BCUT2D eigenvalue weighted by molar-refractivity contribution is 8.00. The second-order valence-corrected chi connectivity index (χ2v) is 8.46. The summed E-state index contributed by atoms with van der Waals surface area (Å²) >= 11 is 7.41. The van der Waals surface area contributed by atoms with Gasteiger partial charge in [-0.3, -0.25) is 9.59 Å². The molecule has 0 bridgehead atoms. The standard InChI is InChI=1S/C22H22ClN3O4S/c1-13-5-7-15(8-6-13)26-21(27)10-9-20(25-26)31-14(2)22(28)24-17-11-16(23)18(29-3)12-19(17)30-4/h5-12,14H,1-4H3,(H,24,28). The average molecular weight is 460 g/mol. The van der Waals surface area contributed by atoms with Crippen molar-refractivity contribution in [2.24, 2.45) is 0 Å². The minimum absolute atomic E-state index is 0.247. The van der Waals surface area contributed by atoms with E-state index in [-0.39, 0.29) is 11.5 Å². The quantitative estimate of drug-likeness (QED) is 0.529. The Balaban J connectivity index is 1.77. The smallest absolute Gasteiger partial charge is 0.271 e. The van der Waals surface area contributed by atoms with Gasteiger partial charge in [-0.25, -0.2) is 0 Å². The lowest BCUT2D eigenvalue weighted by Crippen LogP contribution is -2.24. The summed E-state index contributed by atoms with van der Waals surface area (Å²) < 4.78 is 11.8. The Hall–Kier alpha value is -2.97. The lowest BCUT2D eigenvalue weighted by atomic mass is 10.2. The van der Waals surface area contributed by atoms with Crippen LogP contribution in [0.4, 0.5) is 5.69 Å². The van der Waals surface area contributed by atoms with Gasteiger partial charge < -0.3 is 14.8 Å². The van der Waals surface area contributed by atoms with E-state index in [9.17, 15) is 9.59 Å². The van der Waals surface area contributed by atoms with Crippen molar-refractivity contribution in [1.29, 1.82) is 0 Å². The average Bonchev–Trinajstić information content (AvgIpc) is 2.76. The van der Waals surface area contributed by atoms with Gasteiger partial charge in [-0.1, -0.05) is 41.1 Å². The summed E-state index contributed by atoms with van der Waals surface area (Å²) in [6.45, 7) is 3.72. The van der Waals surface area contributed by atoms with E-state index in [1.54, 1.807) is 25.1 Å². The molecule has 31 heavy (non-hydrogen) atoms. The maximum atomic E-state index is 12.8. The zero-order chi connectivity index (χ0) is 22.5. The van der Waals surface area contributed by atoms with Crippen molar-refractivity contribution in [3.8, 4) is 17.2 Å². The van der Waals surface area contributed by atoms with Crippen LogP contribution in [0.25, 0.3) is 5.69 Å². The number of hydrogen-bond acceptors (Lipinski definition) is 6. The molecule has 162 valence electrons. The summed E-state index contributed by atoms with van der Waals surface area (Å²) in [5.74, 6) is 0.610. The highest BCUT2D eigenvalue weighted by Gasteiger charge is 2.19. The summed E-state index contributed by atoms with van der Waals surface area (Å²) in [5.41, 5.74) is 1.93. The number of thioether (sulfide) groups is 1. The van der Waals surface area contributed by atoms with Gasteiger partial charge >= 0.3 is 0 Å². The molecule has 0 fully saturated rings. The maximum absolute atomic E-state index is 12.8. The van der Waals surface area contributed by atoms with E-state index in [4.69, 9.17) is 21.1 Å². The van der Waals surface area contributed by atoms with Crippen LogP contribution in [0.1, 0.15) is 12.5 Å². The predicted octanol–water partition coefficient (Wildman–Crippen LogP) is 4.33. The third-order valence-corrected chi connectivity index (χ3v) is 5.78. The van der Waals surface area contributed by atoms with Crippen LogP contribution in [-0.4, -0.2) is 35.2 Å². The van der Waals surface area contributed by atoms with Crippen molar-refractivity contribution in [2.45, 2.75) is 24.1 Å². The molecule has 2 aromatic carbocycles. The highest BCUT2D eigenvalue weighted by atomic mass is 35.5. The summed E-state index contributed by atoms with van der Waals surface area (Å²) in [7, 11) is 3.00. The van der Waals surface area contributed by atoms with E-state index in [0.717, 1.165) is 5.56 Å². The lowest BCUT2D eigenvalue weighted by Gasteiger charge is -2.16. The van der Waals surface area contributed by atoms with Gasteiger partial charge in [0.15, 0.2) is 0 Å². The number of carbonyl (C=O) groups is 1. The number of ether oxygens (including phenoxy) is 2. The van der Waals surface area contributed by atoms with E-state index in [0.29, 0.717) is 32.9 Å². The third-order valence-electron chi connectivity index (χ3n) is 4.45. The summed E-state index contributed by atoms with van der Waals surface area (Å²) in [6.07, 6.45) is 0. The van der Waals surface area contributed by atoms with E-state index in [1.165, 1.54) is 36.7 Å². The SMILES string of the molecule is COc1cc(OC)c(NC(=O)C(C)Sc2ccc(=O)n(-c3ccc(C)cc3)n2)cc1Cl. The fourth-order valence-electron chi connectivity index (χ4n) is 2.75. The van der Waals surface area contributed by atoms with E-state index in [1.807, 2.05) is 31.2 Å². The Kier molecular flexibility index (Phi) is 7.25. The number of nitrogens with one attached hydrogen (secondary N) is 1. The van der Waals surface area contributed by atoms with Gasteiger partial charge in [0.25, 0.3) is 5.56 Å². The van der Waals surface area contributed by atoms with Gasteiger partial charge in [-0.2, -0.15) is 9.78 Å². The summed E-state index contributed by atoms with van der Waals surface area (Å²) in [6, 6.07) is 13.7. The van der Waals surface area contributed by atoms with Crippen molar-refractivity contribution in [3.05, 3.63) is 69.5 Å². The van der Waals surface area contributed by atoms with Crippen molar-refractivity contribution in [1.82, 2.24) is 9.78 Å². The van der Waals surface area contributed by atoms with Crippen LogP contribution in [-0.2, 0) is 4.79 Å². The fraction of sp³-hybridized carbons (Fsp3) is 0.227. The fourth-order valence-corrected chi connectivity index (χ4v) is 3.80. The molecule has 0 aliphatic carbocycles. The summed E-state index contributed by atoms with van der Waals surface area (Å²) in [5, 5.41) is 7.61. The molecule has 1 N–H and O–H groups in total. The van der Waals surface area contributed by atoms with Crippen molar-refractivity contribution in [2.75, 3.05) is 19.5 Å². The molecule has 0 aliphatic rings. The third kappa shape index (κ3) is 5.39. The molecule has 0 saturated carbocycles.